The third-order valence-corrected chi connectivity index (χ3v) is 6.63. The van der Waals surface area contributed by atoms with Gasteiger partial charge < -0.3 is 0 Å². The van der Waals surface area contributed by atoms with Gasteiger partial charge in [0, 0.05) is 46.5 Å². The van der Waals surface area contributed by atoms with Gasteiger partial charge in [-0.2, -0.15) is 0 Å². The Hall–Kier alpha value is -4.63. The maximum atomic E-state index is 5.30. The summed E-state index contributed by atoms with van der Waals surface area (Å²) in [6.45, 7) is 0. The monoisotopic (exact) mass is 433 g/mol. The molecule has 0 saturated carbocycles. The van der Waals surface area contributed by atoms with Crippen LogP contribution in [0.15, 0.2) is 116 Å². The largest absolute Gasteiger partial charge is 0.264 e. The number of benzene rings is 4. The lowest BCUT2D eigenvalue weighted by Gasteiger charge is -2.15. The average molecular weight is 434 g/mol. The molecule has 0 amide bonds. The van der Waals surface area contributed by atoms with Gasteiger partial charge in [0.2, 0.25) is 0 Å². The molecule has 0 saturated heterocycles. The van der Waals surface area contributed by atoms with Crippen molar-refractivity contribution in [2.45, 2.75) is 0 Å². The summed E-state index contributed by atoms with van der Waals surface area (Å²) in [6, 6.07) is 31.9. The van der Waals surface area contributed by atoms with E-state index in [0.29, 0.717) is 0 Å². The number of hydrogen-bond donors (Lipinski definition) is 0. The Morgan fingerprint density at radius 3 is 1.82 bits per heavy atom. The zero-order valence-corrected chi connectivity index (χ0v) is 18.3. The van der Waals surface area contributed by atoms with Crippen LogP contribution in [0.4, 0.5) is 0 Å². The topological polar surface area (TPSA) is 38.7 Å². The molecule has 0 N–H and O–H groups in total. The van der Waals surface area contributed by atoms with Crippen molar-refractivity contribution in [3.8, 4) is 22.4 Å². The summed E-state index contributed by atoms with van der Waals surface area (Å²) in [5.41, 5.74) is 5.29. The number of rotatable bonds is 2. The van der Waals surface area contributed by atoms with E-state index in [1.165, 1.54) is 32.3 Å². The van der Waals surface area contributed by atoms with Crippen LogP contribution in [-0.4, -0.2) is 15.0 Å². The highest BCUT2D eigenvalue weighted by atomic mass is 14.7. The van der Waals surface area contributed by atoms with Gasteiger partial charge in [-0.25, -0.2) is 4.98 Å². The van der Waals surface area contributed by atoms with Crippen molar-refractivity contribution in [1.82, 2.24) is 15.0 Å². The Labute approximate surface area is 196 Å². The molecule has 7 rings (SSSR count). The van der Waals surface area contributed by atoms with E-state index in [1.807, 2.05) is 24.7 Å². The molecule has 4 aromatic carbocycles. The van der Waals surface area contributed by atoms with Gasteiger partial charge >= 0.3 is 0 Å². The second kappa shape index (κ2) is 7.46. The lowest BCUT2D eigenvalue weighted by Crippen LogP contribution is -1.93. The van der Waals surface area contributed by atoms with Gasteiger partial charge in [-0.15, -0.1) is 0 Å². The van der Waals surface area contributed by atoms with Crippen LogP contribution in [0.3, 0.4) is 0 Å². The molecule has 158 valence electrons. The molecule has 7 aromatic rings. The van der Waals surface area contributed by atoms with Crippen LogP contribution in [0.5, 0.6) is 0 Å². The van der Waals surface area contributed by atoms with Crippen molar-refractivity contribution in [1.29, 1.82) is 0 Å². The maximum Gasteiger partial charge on any atom is 0.0803 e. The molecule has 3 heteroatoms. The zero-order chi connectivity index (χ0) is 22.5. The minimum absolute atomic E-state index is 0.953. The van der Waals surface area contributed by atoms with E-state index in [4.69, 9.17) is 4.98 Å². The van der Waals surface area contributed by atoms with Gasteiger partial charge in [0.1, 0.15) is 0 Å². The summed E-state index contributed by atoms with van der Waals surface area (Å²) in [5.74, 6) is 0. The molecular weight excluding hydrogens is 414 g/mol. The predicted octanol–water partition coefficient (Wildman–Crippen LogP) is 7.82. The van der Waals surface area contributed by atoms with Crippen LogP contribution < -0.4 is 0 Å². The van der Waals surface area contributed by atoms with Crippen molar-refractivity contribution in [3.05, 3.63) is 116 Å². The SMILES string of the molecule is c1cncc(-c2ccc(-c3nc4c5ccccc5c5ccccc5c4c4ccncc34)cc2)c1. The van der Waals surface area contributed by atoms with Crippen molar-refractivity contribution < 1.29 is 0 Å². The summed E-state index contributed by atoms with van der Waals surface area (Å²) in [5, 5.41) is 8.28. The highest BCUT2D eigenvalue weighted by molar-refractivity contribution is 6.31. The minimum Gasteiger partial charge on any atom is -0.264 e. The third kappa shape index (κ3) is 2.81. The molecule has 3 nitrogen and oxygen atoms in total. The lowest BCUT2D eigenvalue weighted by molar-refractivity contribution is 1.33. The number of fused-ring (bicyclic) bond motifs is 8. The molecule has 0 atom stereocenters. The Morgan fingerprint density at radius 1 is 0.412 bits per heavy atom. The van der Waals surface area contributed by atoms with Gasteiger partial charge in [0.25, 0.3) is 0 Å². The average Bonchev–Trinajstić information content (AvgIpc) is 2.93. The van der Waals surface area contributed by atoms with Crippen LogP contribution in [0, 0.1) is 0 Å². The van der Waals surface area contributed by atoms with Crippen LogP contribution in [0.1, 0.15) is 0 Å². The molecule has 0 bridgehead atoms. The third-order valence-electron chi connectivity index (χ3n) is 6.63. The second-order valence-electron chi connectivity index (χ2n) is 8.52. The predicted molar refractivity (Wildman–Crippen MR) is 141 cm³/mol. The smallest absolute Gasteiger partial charge is 0.0803 e. The molecule has 0 unspecified atom stereocenters. The number of hydrogen-bond acceptors (Lipinski definition) is 3. The van der Waals surface area contributed by atoms with E-state index in [2.05, 4.69) is 94.9 Å². The van der Waals surface area contributed by atoms with E-state index in [0.717, 1.165) is 33.3 Å². The molecule has 3 aromatic heterocycles. The number of nitrogens with zero attached hydrogens (tertiary/aromatic N) is 3. The molecule has 0 aliphatic heterocycles. The Kier molecular flexibility index (Phi) is 4.15. The van der Waals surface area contributed by atoms with E-state index < -0.39 is 0 Å². The van der Waals surface area contributed by atoms with E-state index in [9.17, 15) is 0 Å². The number of pyridine rings is 3. The highest BCUT2D eigenvalue weighted by Crippen LogP contribution is 2.40. The first-order valence-electron chi connectivity index (χ1n) is 11.4. The Balaban J connectivity index is 1.58. The summed E-state index contributed by atoms with van der Waals surface area (Å²) in [7, 11) is 0. The van der Waals surface area contributed by atoms with Gasteiger partial charge in [-0.1, -0.05) is 78.9 Å². The fraction of sp³-hybridized carbons (Fsp3) is 0. The molecule has 0 radical (unpaired) electrons. The van der Waals surface area contributed by atoms with Crippen LogP contribution in [0.25, 0.3) is 65.6 Å². The quantitative estimate of drug-likeness (QED) is 0.261. The molecule has 0 fully saturated rings. The maximum absolute atomic E-state index is 5.30. The van der Waals surface area contributed by atoms with Crippen LogP contribution >= 0.6 is 0 Å². The molecule has 0 aliphatic carbocycles. The molecule has 0 aliphatic rings. The second-order valence-corrected chi connectivity index (χ2v) is 8.52. The van der Waals surface area contributed by atoms with Crippen molar-refractivity contribution in [2.24, 2.45) is 0 Å². The zero-order valence-electron chi connectivity index (χ0n) is 18.3. The van der Waals surface area contributed by atoms with E-state index in [-0.39, 0.29) is 0 Å². The summed E-state index contributed by atoms with van der Waals surface area (Å²) >= 11 is 0. The van der Waals surface area contributed by atoms with Gasteiger partial charge in [-0.05, 0) is 44.8 Å². The highest BCUT2D eigenvalue weighted by Gasteiger charge is 2.16. The van der Waals surface area contributed by atoms with Crippen molar-refractivity contribution >= 4 is 43.2 Å². The minimum atomic E-state index is 0.953. The molecular formula is C31H19N3. The molecule has 3 heterocycles. The first kappa shape index (κ1) is 18.9. The Bertz CT molecular complexity index is 1840. The summed E-state index contributed by atoms with van der Waals surface area (Å²) < 4.78 is 0. The van der Waals surface area contributed by atoms with E-state index >= 15 is 0 Å². The summed E-state index contributed by atoms with van der Waals surface area (Å²) in [6.07, 6.45) is 7.50. The van der Waals surface area contributed by atoms with Crippen molar-refractivity contribution in [3.63, 3.8) is 0 Å². The van der Waals surface area contributed by atoms with Crippen LogP contribution in [0.2, 0.25) is 0 Å². The Morgan fingerprint density at radius 2 is 1.06 bits per heavy atom. The normalized spacial score (nSPS) is 11.5. The first-order valence-corrected chi connectivity index (χ1v) is 11.4. The molecule has 0 spiro atoms. The standard InChI is InChI=1S/C31H19N3/c1-3-9-25-23(7-1)24-8-2-4-10-27(24)31-29(25)26-15-17-33-19-28(26)30(34-31)21-13-11-20(12-14-21)22-6-5-16-32-18-22/h1-19H. The van der Waals surface area contributed by atoms with E-state index in [1.54, 1.807) is 6.20 Å². The lowest BCUT2D eigenvalue weighted by atomic mass is 9.93. The van der Waals surface area contributed by atoms with Crippen molar-refractivity contribution in [2.75, 3.05) is 0 Å². The van der Waals surface area contributed by atoms with Gasteiger partial charge in [0.05, 0.1) is 11.2 Å². The first-order chi connectivity index (χ1) is 16.9. The fourth-order valence-corrected chi connectivity index (χ4v) is 5.06. The number of aromatic nitrogens is 3. The molecule has 34 heavy (non-hydrogen) atoms. The van der Waals surface area contributed by atoms with Gasteiger partial charge in [0.15, 0.2) is 0 Å². The van der Waals surface area contributed by atoms with Gasteiger partial charge in [-0.3, -0.25) is 9.97 Å². The van der Waals surface area contributed by atoms with Crippen LogP contribution in [-0.2, 0) is 0 Å². The fourth-order valence-electron chi connectivity index (χ4n) is 5.06. The summed E-state index contributed by atoms with van der Waals surface area (Å²) in [4.78, 5) is 14.0.